The van der Waals surface area contributed by atoms with Gasteiger partial charge < -0.3 is 9.80 Å². The predicted octanol–water partition coefficient (Wildman–Crippen LogP) is 3.91. The quantitative estimate of drug-likeness (QED) is 0.721. The second-order valence-corrected chi connectivity index (χ2v) is 6.69. The summed E-state index contributed by atoms with van der Waals surface area (Å²) in [6.45, 7) is 0. The van der Waals surface area contributed by atoms with E-state index in [0.29, 0.717) is 11.1 Å². The van der Waals surface area contributed by atoms with Crippen molar-refractivity contribution in [2.45, 2.75) is 0 Å². The first kappa shape index (κ1) is 17.7. The molecular formula is C22H22N2O2. The zero-order valence-corrected chi connectivity index (χ0v) is 15.5. The Morgan fingerprint density at radius 1 is 0.692 bits per heavy atom. The van der Waals surface area contributed by atoms with Crippen molar-refractivity contribution in [3.05, 3.63) is 71.8 Å². The molecule has 0 bridgehead atoms. The van der Waals surface area contributed by atoms with Crippen molar-refractivity contribution in [3.8, 4) is 11.1 Å². The van der Waals surface area contributed by atoms with E-state index in [-0.39, 0.29) is 11.8 Å². The fraction of sp³-hybridized carbons (Fsp3) is 0.182. The summed E-state index contributed by atoms with van der Waals surface area (Å²) in [4.78, 5) is 27.9. The van der Waals surface area contributed by atoms with Crippen molar-refractivity contribution >= 4 is 22.6 Å². The Morgan fingerprint density at radius 3 is 2.00 bits per heavy atom. The minimum atomic E-state index is -0.0319. The molecule has 0 aliphatic heterocycles. The van der Waals surface area contributed by atoms with Crippen LogP contribution in [0.3, 0.4) is 0 Å². The zero-order valence-electron chi connectivity index (χ0n) is 15.5. The fourth-order valence-corrected chi connectivity index (χ4v) is 3.06. The average molecular weight is 346 g/mol. The molecule has 3 aromatic rings. The molecule has 0 saturated heterocycles. The van der Waals surface area contributed by atoms with Gasteiger partial charge >= 0.3 is 0 Å². The highest BCUT2D eigenvalue weighted by molar-refractivity contribution is 6.11. The Labute approximate surface area is 153 Å². The molecule has 0 aliphatic carbocycles. The first-order valence-electron chi connectivity index (χ1n) is 8.45. The van der Waals surface area contributed by atoms with Crippen LogP contribution in [0.5, 0.6) is 0 Å². The van der Waals surface area contributed by atoms with E-state index in [4.69, 9.17) is 0 Å². The maximum absolute atomic E-state index is 12.5. The van der Waals surface area contributed by atoms with Crippen molar-refractivity contribution in [1.29, 1.82) is 0 Å². The van der Waals surface area contributed by atoms with E-state index in [1.165, 1.54) is 0 Å². The molecule has 0 unspecified atom stereocenters. The van der Waals surface area contributed by atoms with Crippen molar-refractivity contribution < 1.29 is 9.59 Å². The summed E-state index contributed by atoms with van der Waals surface area (Å²) in [5, 5.41) is 1.91. The van der Waals surface area contributed by atoms with Gasteiger partial charge in [-0.3, -0.25) is 9.59 Å². The van der Waals surface area contributed by atoms with Crippen LogP contribution in [0.1, 0.15) is 20.7 Å². The van der Waals surface area contributed by atoms with Crippen molar-refractivity contribution in [3.63, 3.8) is 0 Å². The third-order valence-electron chi connectivity index (χ3n) is 4.39. The SMILES string of the molecule is CN(C)C(=O)c1cccc(-c2ccc(C(=O)N(C)C)c3ccccc23)c1. The van der Waals surface area contributed by atoms with E-state index >= 15 is 0 Å². The van der Waals surface area contributed by atoms with E-state index in [1.54, 1.807) is 38.0 Å². The van der Waals surface area contributed by atoms with Crippen LogP contribution in [0.2, 0.25) is 0 Å². The third-order valence-corrected chi connectivity index (χ3v) is 4.39. The Bertz CT molecular complexity index is 990. The molecular weight excluding hydrogens is 324 g/mol. The Hall–Kier alpha value is -3.14. The van der Waals surface area contributed by atoms with Gasteiger partial charge in [0, 0.05) is 39.3 Å². The van der Waals surface area contributed by atoms with Crippen LogP contribution in [0.15, 0.2) is 60.7 Å². The molecule has 3 aromatic carbocycles. The highest BCUT2D eigenvalue weighted by Gasteiger charge is 2.15. The fourth-order valence-electron chi connectivity index (χ4n) is 3.06. The van der Waals surface area contributed by atoms with E-state index in [1.807, 2.05) is 60.7 Å². The Balaban J connectivity index is 2.19. The normalized spacial score (nSPS) is 10.6. The highest BCUT2D eigenvalue weighted by atomic mass is 16.2. The molecule has 0 atom stereocenters. The minimum absolute atomic E-state index is 0.0238. The summed E-state index contributed by atoms with van der Waals surface area (Å²) < 4.78 is 0. The molecule has 4 nitrogen and oxygen atoms in total. The number of rotatable bonds is 3. The van der Waals surface area contributed by atoms with Gasteiger partial charge in [0.2, 0.25) is 0 Å². The first-order chi connectivity index (χ1) is 12.4. The van der Waals surface area contributed by atoms with Gasteiger partial charge in [0.25, 0.3) is 11.8 Å². The van der Waals surface area contributed by atoms with Gasteiger partial charge in [-0.15, -0.1) is 0 Å². The van der Waals surface area contributed by atoms with E-state index in [2.05, 4.69) is 0 Å². The van der Waals surface area contributed by atoms with Crippen LogP contribution in [0.25, 0.3) is 21.9 Å². The highest BCUT2D eigenvalue weighted by Crippen LogP contribution is 2.31. The number of benzene rings is 3. The number of hydrogen-bond donors (Lipinski definition) is 0. The predicted molar refractivity (Wildman–Crippen MR) is 105 cm³/mol. The van der Waals surface area contributed by atoms with Gasteiger partial charge in [0.15, 0.2) is 0 Å². The number of carbonyl (C=O) groups excluding carboxylic acids is 2. The Kier molecular flexibility index (Phi) is 4.76. The number of hydrogen-bond acceptors (Lipinski definition) is 2. The second kappa shape index (κ2) is 7.00. The molecule has 0 fully saturated rings. The first-order valence-corrected chi connectivity index (χ1v) is 8.45. The molecule has 3 rings (SSSR count). The van der Waals surface area contributed by atoms with Gasteiger partial charge in [0.05, 0.1) is 0 Å². The van der Waals surface area contributed by atoms with Crippen molar-refractivity contribution in [1.82, 2.24) is 9.80 Å². The maximum atomic E-state index is 12.5. The molecule has 4 heteroatoms. The molecule has 26 heavy (non-hydrogen) atoms. The molecule has 0 radical (unpaired) electrons. The lowest BCUT2D eigenvalue weighted by Crippen LogP contribution is -2.22. The van der Waals surface area contributed by atoms with Crippen LogP contribution >= 0.6 is 0 Å². The summed E-state index contributed by atoms with van der Waals surface area (Å²) in [5.41, 5.74) is 3.28. The number of carbonyl (C=O) groups is 2. The molecule has 0 saturated carbocycles. The van der Waals surface area contributed by atoms with Crippen LogP contribution in [-0.4, -0.2) is 49.8 Å². The average Bonchev–Trinajstić information content (AvgIpc) is 2.65. The van der Waals surface area contributed by atoms with E-state index in [9.17, 15) is 9.59 Å². The molecule has 0 N–H and O–H groups in total. The number of amides is 2. The van der Waals surface area contributed by atoms with Crippen LogP contribution < -0.4 is 0 Å². The van der Waals surface area contributed by atoms with Gasteiger partial charge in [-0.25, -0.2) is 0 Å². The summed E-state index contributed by atoms with van der Waals surface area (Å²) in [5.74, 6) is -0.0557. The lowest BCUT2D eigenvalue weighted by molar-refractivity contribution is 0.0821. The monoisotopic (exact) mass is 346 g/mol. The van der Waals surface area contributed by atoms with Crippen molar-refractivity contribution in [2.75, 3.05) is 28.2 Å². The van der Waals surface area contributed by atoms with E-state index in [0.717, 1.165) is 21.9 Å². The van der Waals surface area contributed by atoms with E-state index < -0.39 is 0 Å². The number of fused-ring (bicyclic) bond motifs is 1. The summed E-state index contributed by atoms with van der Waals surface area (Å²) in [6.07, 6.45) is 0. The standard InChI is InChI=1S/C22H22N2O2/c1-23(2)21(25)16-9-7-8-15(14-16)17-12-13-20(22(26)24(3)4)19-11-6-5-10-18(17)19/h5-14H,1-4H3. The van der Waals surface area contributed by atoms with Crippen LogP contribution in [0.4, 0.5) is 0 Å². The lowest BCUT2D eigenvalue weighted by Gasteiger charge is -2.15. The Morgan fingerprint density at radius 2 is 1.35 bits per heavy atom. The number of nitrogens with zero attached hydrogens (tertiary/aromatic N) is 2. The molecule has 0 heterocycles. The van der Waals surface area contributed by atoms with Gasteiger partial charge in [-0.1, -0.05) is 42.5 Å². The van der Waals surface area contributed by atoms with Gasteiger partial charge in [-0.2, -0.15) is 0 Å². The zero-order chi connectivity index (χ0) is 18.8. The maximum Gasteiger partial charge on any atom is 0.253 e. The van der Waals surface area contributed by atoms with Crippen LogP contribution in [-0.2, 0) is 0 Å². The molecule has 132 valence electrons. The van der Waals surface area contributed by atoms with Gasteiger partial charge in [-0.05, 0) is 40.1 Å². The third kappa shape index (κ3) is 3.18. The second-order valence-electron chi connectivity index (χ2n) is 6.69. The molecule has 0 aliphatic rings. The summed E-state index contributed by atoms with van der Waals surface area (Å²) in [7, 11) is 6.99. The van der Waals surface area contributed by atoms with Crippen LogP contribution in [0, 0.1) is 0 Å². The summed E-state index contributed by atoms with van der Waals surface area (Å²) in [6, 6.07) is 19.3. The largest absolute Gasteiger partial charge is 0.345 e. The van der Waals surface area contributed by atoms with Gasteiger partial charge in [0.1, 0.15) is 0 Å². The minimum Gasteiger partial charge on any atom is -0.345 e. The molecule has 0 spiro atoms. The van der Waals surface area contributed by atoms with Crippen molar-refractivity contribution in [2.24, 2.45) is 0 Å². The topological polar surface area (TPSA) is 40.6 Å². The smallest absolute Gasteiger partial charge is 0.253 e. The lowest BCUT2D eigenvalue weighted by atomic mass is 9.93. The summed E-state index contributed by atoms with van der Waals surface area (Å²) >= 11 is 0. The molecule has 2 amide bonds. The molecule has 0 aromatic heterocycles.